The summed E-state index contributed by atoms with van der Waals surface area (Å²) in [5, 5.41) is 0. The predicted octanol–water partition coefficient (Wildman–Crippen LogP) is 2.33. The molecule has 140 valence electrons. The number of aromatic nitrogens is 1. The molecule has 0 saturated carbocycles. The fourth-order valence-electron chi connectivity index (χ4n) is 2.68. The first kappa shape index (κ1) is 18.4. The fourth-order valence-corrected chi connectivity index (χ4v) is 2.68. The van der Waals surface area contributed by atoms with Gasteiger partial charge in [-0.05, 0) is 43.3 Å². The van der Waals surface area contributed by atoms with Gasteiger partial charge in [-0.2, -0.15) is 0 Å². The molecule has 0 saturated heterocycles. The number of carbonyl (C=O) groups excluding carboxylic acids is 2. The third-order valence-corrected chi connectivity index (χ3v) is 3.97. The van der Waals surface area contributed by atoms with Crippen LogP contribution in [0.25, 0.3) is 11.1 Å². The Bertz CT molecular complexity index is 1020. The zero-order chi connectivity index (χ0) is 19.4. The number of hydrogen-bond acceptors (Lipinski definition) is 5. The van der Waals surface area contributed by atoms with E-state index in [1.165, 1.54) is 29.2 Å². The van der Waals surface area contributed by atoms with Crippen molar-refractivity contribution in [2.75, 3.05) is 18.1 Å². The minimum absolute atomic E-state index is 0.327. The largest absolute Gasteiger partial charge is 0.454 e. The van der Waals surface area contributed by atoms with Crippen molar-refractivity contribution < 1.29 is 23.1 Å². The molecule has 3 rings (SSSR count). The maximum Gasteiger partial charge on any atom is 0.420 e. The molecule has 27 heavy (non-hydrogen) atoms. The molecule has 0 bridgehead atoms. The van der Waals surface area contributed by atoms with Gasteiger partial charge in [-0.3, -0.25) is 14.2 Å². The summed E-state index contributed by atoms with van der Waals surface area (Å²) >= 11 is 0. The molecule has 1 heterocycles. The van der Waals surface area contributed by atoms with E-state index in [2.05, 4.69) is 0 Å². The highest BCUT2D eigenvalue weighted by Gasteiger charge is 2.18. The lowest BCUT2D eigenvalue weighted by Crippen LogP contribution is -2.35. The van der Waals surface area contributed by atoms with Crippen molar-refractivity contribution >= 4 is 28.7 Å². The summed E-state index contributed by atoms with van der Waals surface area (Å²) in [5.41, 5.74) is 1.32. The van der Waals surface area contributed by atoms with Crippen LogP contribution in [0.4, 0.5) is 10.1 Å². The Morgan fingerprint density at radius 3 is 2.56 bits per heavy atom. The molecular weight excluding hydrogens is 355 g/mol. The third-order valence-electron chi connectivity index (χ3n) is 3.97. The first-order chi connectivity index (χ1) is 13.0. The number of rotatable bonds is 6. The summed E-state index contributed by atoms with van der Waals surface area (Å²) in [6.07, 6.45) is 0. The summed E-state index contributed by atoms with van der Waals surface area (Å²) in [6.45, 7) is 1.22. The second-order valence-electron chi connectivity index (χ2n) is 5.70. The molecule has 3 aromatic rings. The molecule has 0 radical (unpaired) electrons. The monoisotopic (exact) mass is 372 g/mol. The number of amides is 1. The van der Waals surface area contributed by atoms with Crippen molar-refractivity contribution in [1.82, 2.24) is 4.57 Å². The number of likely N-dealkylation sites (N-methyl/N-ethyl adjacent to an activating group) is 1. The highest BCUT2D eigenvalue weighted by Crippen LogP contribution is 2.15. The first-order valence-electron chi connectivity index (χ1n) is 8.29. The molecule has 2 aromatic carbocycles. The van der Waals surface area contributed by atoms with Gasteiger partial charge < -0.3 is 14.1 Å². The van der Waals surface area contributed by atoms with Crippen LogP contribution in [0, 0.1) is 5.82 Å². The van der Waals surface area contributed by atoms with Crippen LogP contribution >= 0.6 is 0 Å². The van der Waals surface area contributed by atoms with E-state index in [1.807, 2.05) is 0 Å². The van der Waals surface area contributed by atoms with Crippen molar-refractivity contribution in [3.05, 3.63) is 64.9 Å². The molecule has 0 aliphatic heterocycles. The lowest BCUT2D eigenvalue weighted by atomic mass is 10.2. The maximum absolute atomic E-state index is 13.0. The number of esters is 1. The number of carbonyl (C=O) groups is 2. The van der Waals surface area contributed by atoms with Gasteiger partial charge >= 0.3 is 11.7 Å². The average molecular weight is 372 g/mol. The van der Waals surface area contributed by atoms with Crippen LogP contribution in [-0.2, 0) is 20.9 Å². The van der Waals surface area contributed by atoms with Gasteiger partial charge in [-0.15, -0.1) is 0 Å². The predicted molar refractivity (Wildman–Crippen MR) is 95.9 cm³/mol. The minimum Gasteiger partial charge on any atom is -0.454 e. The summed E-state index contributed by atoms with van der Waals surface area (Å²) in [5.74, 6) is -2.29. The SMILES string of the molecule is CCN(C(=O)COC(=O)Cn1c(=O)oc2ccccc21)c1ccc(F)cc1. The van der Waals surface area contributed by atoms with Crippen LogP contribution in [0.1, 0.15) is 6.92 Å². The molecular formula is C19H17FN2O5. The van der Waals surface area contributed by atoms with Crippen molar-refractivity contribution in [3.8, 4) is 0 Å². The fraction of sp³-hybridized carbons (Fsp3) is 0.211. The van der Waals surface area contributed by atoms with Gasteiger partial charge in [0.05, 0.1) is 5.52 Å². The molecule has 0 fully saturated rings. The molecule has 1 aromatic heterocycles. The van der Waals surface area contributed by atoms with E-state index in [0.717, 1.165) is 4.57 Å². The number of benzene rings is 2. The molecule has 1 amide bonds. The quantitative estimate of drug-likeness (QED) is 0.621. The van der Waals surface area contributed by atoms with Gasteiger partial charge in [0.2, 0.25) is 0 Å². The normalized spacial score (nSPS) is 10.7. The number of ether oxygens (including phenoxy) is 1. The maximum atomic E-state index is 13.0. The molecule has 8 heteroatoms. The van der Waals surface area contributed by atoms with Crippen molar-refractivity contribution in [3.63, 3.8) is 0 Å². The molecule has 0 unspecified atom stereocenters. The van der Waals surface area contributed by atoms with Crippen LogP contribution in [0.5, 0.6) is 0 Å². The van der Waals surface area contributed by atoms with E-state index in [0.29, 0.717) is 23.3 Å². The zero-order valence-electron chi connectivity index (χ0n) is 14.6. The first-order valence-corrected chi connectivity index (χ1v) is 8.29. The summed E-state index contributed by atoms with van der Waals surface area (Å²) in [6, 6.07) is 12.1. The number of oxazole rings is 1. The average Bonchev–Trinajstić information content (AvgIpc) is 2.97. The van der Waals surface area contributed by atoms with Gasteiger partial charge in [0, 0.05) is 12.2 Å². The van der Waals surface area contributed by atoms with Crippen LogP contribution in [-0.4, -0.2) is 29.6 Å². The summed E-state index contributed by atoms with van der Waals surface area (Å²) in [7, 11) is 0. The van der Waals surface area contributed by atoms with Gasteiger partial charge in [0.25, 0.3) is 5.91 Å². The second-order valence-corrected chi connectivity index (χ2v) is 5.70. The van der Waals surface area contributed by atoms with Crippen molar-refractivity contribution in [1.29, 1.82) is 0 Å². The standard InChI is InChI=1S/C19H17FN2O5/c1-2-21(14-9-7-13(20)8-10-14)17(23)12-26-18(24)11-22-15-5-3-4-6-16(15)27-19(22)25/h3-10H,2,11-12H2,1H3. The van der Waals surface area contributed by atoms with Crippen molar-refractivity contribution in [2.45, 2.75) is 13.5 Å². The Labute approximate surface area is 153 Å². The molecule has 0 N–H and O–H groups in total. The second kappa shape index (κ2) is 7.86. The number of fused-ring (bicyclic) bond motifs is 1. The summed E-state index contributed by atoms with van der Waals surface area (Å²) < 4.78 is 24.2. The number of anilines is 1. The third kappa shape index (κ3) is 4.05. The van der Waals surface area contributed by atoms with Crippen LogP contribution < -0.4 is 10.7 Å². The number of nitrogens with zero attached hydrogens (tertiary/aromatic N) is 2. The highest BCUT2D eigenvalue weighted by atomic mass is 19.1. The van der Waals surface area contributed by atoms with Gasteiger partial charge in [0.1, 0.15) is 12.4 Å². The van der Waals surface area contributed by atoms with E-state index in [1.54, 1.807) is 31.2 Å². The number of hydrogen-bond donors (Lipinski definition) is 0. The lowest BCUT2D eigenvalue weighted by Gasteiger charge is -2.20. The van der Waals surface area contributed by atoms with E-state index < -0.39 is 30.1 Å². The molecule has 7 nitrogen and oxygen atoms in total. The Balaban J connectivity index is 1.64. The van der Waals surface area contributed by atoms with E-state index in [-0.39, 0.29) is 6.54 Å². The van der Waals surface area contributed by atoms with Gasteiger partial charge in [-0.25, -0.2) is 9.18 Å². The molecule has 0 aliphatic rings. The van der Waals surface area contributed by atoms with Crippen LogP contribution in [0.2, 0.25) is 0 Å². The Morgan fingerprint density at radius 2 is 1.85 bits per heavy atom. The Morgan fingerprint density at radius 1 is 1.15 bits per heavy atom. The number of halogens is 1. The molecule has 0 atom stereocenters. The van der Waals surface area contributed by atoms with Gasteiger partial charge in [-0.1, -0.05) is 12.1 Å². The Kier molecular flexibility index (Phi) is 5.35. The minimum atomic E-state index is -0.743. The molecule has 0 spiro atoms. The van der Waals surface area contributed by atoms with E-state index in [9.17, 15) is 18.8 Å². The van der Waals surface area contributed by atoms with E-state index >= 15 is 0 Å². The van der Waals surface area contributed by atoms with Gasteiger partial charge in [0.15, 0.2) is 12.2 Å². The zero-order valence-corrected chi connectivity index (χ0v) is 14.6. The van der Waals surface area contributed by atoms with E-state index in [4.69, 9.17) is 9.15 Å². The summed E-state index contributed by atoms with van der Waals surface area (Å²) in [4.78, 5) is 37.6. The number of para-hydroxylation sites is 2. The lowest BCUT2D eigenvalue weighted by molar-refractivity contribution is -0.148. The molecule has 0 aliphatic carbocycles. The Hall–Kier alpha value is -3.42. The topological polar surface area (TPSA) is 81.8 Å². The van der Waals surface area contributed by atoms with Crippen LogP contribution in [0.15, 0.2) is 57.7 Å². The van der Waals surface area contributed by atoms with Crippen molar-refractivity contribution in [2.24, 2.45) is 0 Å². The smallest absolute Gasteiger partial charge is 0.420 e. The highest BCUT2D eigenvalue weighted by molar-refractivity contribution is 5.95. The van der Waals surface area contributed by atoms with Crippen LogP contribution in [0.3, 0.4) is 0 Å².